The van der Waals surface area contributed by atoms with Crippen LogP contribution in [0.4, 0.5) is 9.52 Å². The summed E-state index contributed by atoms with van der Waals surface area (Å²) < 4.78 is 24.3. The Balaban J connectivity index is 1.02. The van der Waals surface area contributed by atoms with Crippen molar-refractivity contribution in [3.05, 3.63) is 88.2 Å². The number of β-lactam (4-membered cyclic amide) rings is 1. The fourth-order valence-corrected chi connectivity index (χ4v) is 8.55. The maximum absolute atomic E-state index is 15.2. The van der Waals surface area contributed by atoms with Crippen LogP contribution in [0.2, 0.25) is 0 Å². The predicted octanol–water partition coefficient (Wildman–Crippen LogP) is 2.85. The number of hydrogen-bond acceptors (Lipinski definition) is 12. The van der Waals surface area contributed by atoms with Crippen LogP contribution in [0.1, 0.15) is 36.1 Å². The van der Waals surface area contributed by atoms with Gasteiger partial charge in [-0.15, -0.1) is 23.1 Å². The van der Waals surface area contributed by atoms with E-state index in [2.05, 4.69) is 15.3 Å². The van der Waals surface area contributed by atoms with Crippen LogP contribution in [0.5, 0.6) is 0 Å². The minimum absolute atomic E-state index is 0.0476. The number of nitrogens with two attached hydrogens (primary N) is 2. The van der Waals surface area contributed by atoms with E-state index in [4.69, 9.17) is 25.9 Å². The van der Waals surface area contributed by atoms with E-state index in [0.29, 0.717) is 35.7 Å². The number of halogens is 1. The average Bonchev–Trinajstić information content (AvgIpc) is 3.77. The van der Waals surface area contributed by atoms with Crippen molar-refractivity contribution in [3.8, 4) is 0 Å². The molecule has 15 nitrogen and oxygen atoms in total. The normalized spacial score (nSPS) is 19.7. The van der Waals surface area contributed by atoms with Gasteiger partial charge < -0.3 is 35.6 Å². The predicted molar refractivity (Wildman–Crippen MR) is 194 cm³/mol. The molecule has 0 spiro atoms. The molecule has 3 aromatic heterocycles. The fraction of sp³-hybridized carbons (Fsp3) is 0.343. The van der Waals surface area contributed by atoms with E-state index in [1.807, 2.05) is 39.9 Å². The summed E-state index contributed by atoms with van der Waals surface area (Å²) in [6, 6.07) is 8.50. The van der Waals surface area contributed by atoms with Gasteiger partial charge in [0.05, 0.1) is 42.0 Å². The van der Waals surface area contributed by atoms with Gasteiger partial charge in [-0.1, -0.05) is 22.4 Å². The zero-order valence-electron chi connectivity index (χ0n) is 28.5. The lowest BCUT2D eigenvalue weighted by molar-refractivity contribution is -0.687. The van der Waals surface area contributed by atoms with Crippen LogP contribution in [0.3, 0.4) is 0 Å². The number of carboxylic acids is 1. The lowest BCUT2D eigenvalue weighted by atomic mass is 9.89. The van der Waals surface area contributed by atoms with Gasteiger partial charge in [0.1, 0.15) is 30.4 Å². The van der Waals surface area contributed by atoms with Gasteiger partial charge in [-0.05, 0) is 12.1 Å². The van der Waals surface area contributed by atoms with Gasteiger partial charge in [0.25, 0.3) is 0 Å². The van der Waals surface area contributed by atoms with Crippen LogP contribution in [0.15, 0.2) is 75.9 Å². The molecule has 3 aliphatic heterocycles. The number of oxime groups is 2. The Labute approximate surface area is 310 Å². The molecule has 18 heteroatoms. The SMILES string of the molecule is CO/N=C(\C(=O)C[C@@H]1C(=O)N2C(C(=O)O)=C(C[n+]3ccc4c(ccn4Cc4ccc(C(N)=NOC5CCOCC5)cc4F)c3)CS[C@H]12)c1csc(N)n1. The molecular formula is C35H36FN8O7S2+. The average molecular weight is 764 g/mol. The van der Waals surface area contributed by atoms with E-state index < -0.39 is 34.8 Å². The van der Waals surface area contributed by atoms with Crippen molar-refractivity contribution >= 4 is 68.3 Å². The largest absolute Gasteiger partial charge is 0.477 e. The molecule has 3 aliphatic rings. The van der Waals surface area contributed by atoms with E-state index in [9.17, 15) is 19.5 Å². The number of aromatic nitrogens is 3. The first kappa shape index (κ1) is 36.0. The highest BCUT2D eigenvalue weighted by molar-refractivity contribution is 8.00. The highest BCUT2D eigenvalue weighted by atomic mass is 32.2. The summed E-state index contributed by atoms with van der Waals surface area (Å²) in [4.78, 5) is 54.8. The third-order valence-corrected chi connectivity index (χ3v) is 11.3. The number of pyridine rings is 1. The van der Waals surface area contributed by atoms with Crippen molar-refractivity contribution < 1.29 is 42.9 Å². The van der Waals surface area contributed by atoms with Gasteiger partial charge >= 0.3 is 5.97 Å². The summed E-state index contributed by atoms with van der Waals surface area (Å²) in [5, 5.41) is 20.2. The number of nitrogens with zero attached hydrogens (tertiary/aromatic N) is 6. The zero-order chi connectivity index (χ0) is 37.2. The first-order valence-corrected chi connectivity index (χ1v) is 18.6. The summed E-state index contributed by atoms with van der Waals surface area (Å²) >= 11 is 2.55. The summed E-state index contributed by atoms with van der Waals surface area (Å²) in [5.41, 5.74) is 14.2. The molecule has 0 saturated carbocycles. The van der Waals surface area contributed by atoms with Crippen LogP contribution in [0.25, 0.3) is 10.9 Å². The van der Waals surface area contributed by atoms with Crippen LogP contribution in [-0.4, -0.2) is 86.3 Å². The van der Waals surface area contributed by atoms with Crippen LogP contribution >= 0.6 is 23.1 Å². The fourth-order valence-electron chi connectivity index (χ4n) is 6.60. The highest BCUT2D eigenvalue weighted by Gasteiger charge is 2.54. The highest BCUT2D eigenvalue weighted by Crippen LogP contribution is 2.45. The second-order valence-corrected chi connectivity index (χ2v) is 14.7. The molecule has 4 aromatic rings. The number of amides is 1. The molecule has 2 saturated heterocycles. The van der Waals surface area contributed by atoms with Crippen LogP contribution in [-0.2, 0) is 41.9 Å². The Morgan fingerprint density at radius 3 is 2.74 bits per heavy atom. The Morgan fingerprint density at radius 1 is 1.21 bits per heavy atom. The van der Waals surface area contributed by atoms with Gasteiger partial charge in [-0.2, -0.15) is 0 Å². The third-order valence-electron chi connectivity index (χ3n) is 9.28. The number of benzene rings is 1. The number of carbonyl (C=O) groups is 3. The standard InChI is InChI=1S/C35H35FN8O7S2/c1-49-40-29(26-18-53-35(38)39-26)28(45)13-24-32(46)44-30(34(47)48)22(17-52-33(24)44)15-42-8-5-27-21(14-42)4-9-43(27)16-20-3-2-19(12-25(20)36)31(37)41-51-23-6-10-50-11-7-23/h2-5,8-9,12,14,18,23-24,33H,6-7,10-11,13,15-17H2,1H3,(H4-,37,38,39,41,47,48)/p+1/b40-29-/t24-,33-/m1/s1. The number of carbonyl (C=O) groups excluding carboxylic acids is 2. The quantitative estimate of drug-likeness (QED) is 0.0595. The second-order valence-electron chi connectivity index (χ2n) is 12.7. The van der Waals surface area contributed by atoms with E-state index in [1.54, 1.807) is 17.5 Å². The van der Waals surface area contributed by atoms with Crippen LogP contribution < -0.4 is 16.0 Å². The molecule has 7 rings (SSSR count). The number of anilines is 1. The first-order chi connectivity index (χ1) is 25.6. The van der Waals surface area contributed by atoms with Crippen molar-refractivity contribution in [1.82, 2.24) is 14.5 Å². The monoisotopic (exact) mass is 763 g/mol. The number of ether oxygens (including phenoxy) is 1. The van der Waals surface area contributed by atoms with Gasteiger partial charge in [0.15, 0.2) is 41.4 Å². The molecule has 276 valence electrons. The number of nitrogen functional groups attached to an aromatic ring is 1. The van der Waals surface area contributed by atoms with Crippen molar-refractivity contribution in [2.75, 3.05) is 31.8 Å². The van der Waals surface area contributed by atoms with Crippen molar-refractivity contribution in [3.63, 3.8) is 0 Å². The molecule has 1 amide bonds. The van der Waals surface area contributed by atoms with E-state index >= 15 is 4.39 Å². The minimum Gasteiger partial charge on any atom is -0.477 e. The number of aliphatic carboxylic acids is 1. The number of carboxylic acid groups (broad SMARTS) is 1. The molecule has 53 heavy (non-hydrogen) atoms. The first-order valence-electron chi connectivity index (χ1n) is 16.7. The van der Waals surface area contributed by atoms with Crippen molar-refractivity contribution in [2.45, 2.75) is 43.8 Å². The number of Topliss-reactive ketones (excluding diaryl/α,β-unsaturated/α-hetero) is 1. The number of thioether (sulfide) groups is 1. The molecule has 1 aromatic carbocycles. The van der Waals surface area contributed by atoms with E-state index in [-0.39, 0.29) is 53.7 Å². The topological polar surface area (TPSA) is 201 Å². The van der Waals surface area contributed by atoms with Crippen molar-refractivity contribution in [1.29, 1.82) is 0 Å². The zero-order valence-corrected chi connectivity index (χ0v) is 30.1. The number of amidine groups is 1. The molecule has 0 aliphatic carbocycles. The summed E-state index contributed by atoms with van der Waals surface area (Å²) in [7, 11) is 1.30. The molecule has 2 fully saturated rings. The summed E-state index contributed by atoms with van der Waals surface area (Å²) in [5.74, 6) is -2.84. The summed E-state index contributed by atoms with van der Waals surface area (Å²) in [6.45, 7) is 1.70. The molecule has 6 heterocycles. The molecule has 0 unspecified atom stereocenters. The van der Waals surface area contributed by atoms with E-state index in [1.165, 1.54) is 29.8 Å². The molecular weight excluding hydrogens is 728 g/mol. The van der Waals surface area contributed by atoms with Gasteiger partial charge in [0, 0.05) is 59.4 Å². The number of thiazole rings is 1. The smallest absolute Gasteiger partial charge is 0.352 e. The number of ketones is 1. The Kier molecular flexibility index (Phi) is 10.4. The maximum atomic E-state index is 15.2. The van der Waals surface area contributed by atoms with Gasteiger partial charge in [0.2, 0.25) is 5.91 Å². The van der Waals surface area contributed by atoms with E-state index in [0.717, 1.165) is 35.1 Å². The van der Waals surface area contributed by atoms with Crippen molar-refractivity contribution in [2.24, 2.45) is 22.0 Å². The Hall–Kier alpha value is -5.33. The van der Waals surface area contributed by atoms with Gasteiger partial charge in [-0.3, -0.25) is 14.5 Å². The third kappa shape index (κ3) is 7.47. The maximum Gasteiger partial charge on any atom is 0.352 e. The second kappa shape index (κ2) is 15.3. The molecule has 5 N–H and O–H groups in total. The lowest BCUT2D eigenvalue weighted by Crippen LogP contribution is -2.62. The van der Waals surface area contributed by atoms with Crippen LogP contribution in [0, 0.1) is 11.7 Å². The molecule has 2 atom stereocenters. The molecule has 0 radical (unpaired) electrons. The number of rotatable bonds is 13. The number of hydrogen-bond donors (Lipinski definition) is 3. The Bertz CT molecular complexity index is 2180. The summed E-state index contributed by atoms with van der Waals surface area (Å²) in [6.07, 6.45) is 6.74. The Morgan fingerprint density at radius 2 is 2.02 bits per heavy atom. The number of fused-ring (bicyclic) bond motifs is 2. The van der Waals surface area contributed by atoms with Gasteiger partial charge in [-0.25, -0.2) is 18.7 Å². The lowest BCUT2D eigenvalue weighted by Gasteiger charge is -2.49. The minimum atomic E-state index is -1.22. The molecule has 0 bridgehead atoms.